The number of hydrazone groups is 1. The number of hydrogen-bond acceptors (Lipinski definition) is 7. The Morgan fingerprint density at radius 1 is 1.12 bits per heavy atom. The SMILES string of the molecule is O=C(COc1ccc(-n2cnnn2)cc1)N1N=C(c2ccc(Cl)cc2)C[C@H]1c1ccco1. The fraction of sp³-hybridized carbons (Fsp3) is 0.136. The normalized spacial score (nSPS) is 15.6. The summed E-state index contributed by atoms with van der Waals surface area (Å²) in [4.78, 5) is 13.0. The molecule has 0 saturated carbocycles. The third-order valence-corrected chi connectivity index (χ3v) is 5.28. The maximum atomic E-state index is 13.0. The van der Waals surface area contributed by atoms with Crippen LogP contribution in [0.2, 0.25) is 5.02 Å². The molecule has 3 heterocycles. The van der Waals surface area contributed by atoms with E-state index in [-0.39, 0.29) is 18.6 Å². The molecule has 5 rings (SSSR count). The molecule has 10 heteroatoms. The molecule has 0 spiro atoms. The zero-order chi connectivity index (χ0) is 21.9. The predicted octanol–water partition coefficient (Wildman–Crippen LogP) is 3.67. The van der Waals surface area contributed by atoms with Crippen molar-refractivity contribution in [2.75, 3.05) is 6.61 Å². The fourth-order valence-corrected chi connectivity index (χ4v) is 3.57. The van der Waals surface area contributed by atoms with E-state index in [4.69, 9.17) is 20.8 Å². The van der Waals surface area contributed by atoms with Crippen molar-refractivity contribution in [3.05, 3.63) is 89.6 Å². The van der Waals surface area contributed by atoms with Crippen molar-refractivity contribution in [2.24, 2.45) is 5.10 Å². The minimum Gasteiger partial charge on any atom is -0.484 e. The van der Waals surface area contributed by atoms with Crippen molar-refractivity contribution in [3.63, 3.8) is 0 Å². The first-order chi connectivity index (χ1) is 15.7. The first-order valence-corrected chi connectivity index (χ1v) is 10.2. The van der Waals surface area contributed by atoms with E-state index in [1.54, 1.807) is 48.7 Å². The van der Waals surface area contributed by atoms with Crippen LogP contribution in [0.1, 0.15) is 23.8 Å². The van der Waals surface area contributed by atoms with Gasteiger partial charge in [-0.2, -0.15) is 5.10 Å². The Morgan fingerprint density at radius 3 is 2.62 bits per heavy atom. The Bertz CT molecular complexity index is 1220. The van der Waals surface area contributed by atoms with Gasteiger partial charge in [-0.05, 0) is 64.5 Å². The third kappa shape index (κ3) is 4.10. The van der Waals surface area contributed by atoms with Crippen LogP contribution in [0, 0.1) is 0 Å². The van der Waals surface area contributed by atoms with Gasteiger partial charge in [0.05, 0.1) is 17.7 Å². The van der Waals surface area contributed by atoms with Crippen LogP contribution < -0.4 is 4.74 Å². The molecule has 0 fully saturated rings. The monoisotopic (exact) mass is 448 g/mol. The van der Waals surface area contributed by atoms with Crippen molar-refractivity contribution in [1.82, 2.24) is 25.2 Å². The Morgan fingerprint density at radius 2 is 1.94 bits per heavy atom. The number of ether oxygens (including phenoxy) is 1. The van der Waals surface area contributed by atoms with Crippen LogP contribution in [0.25, 0.3) is 5.69 Å². The van der Waals surface area contributed by atoms with E-state index >= 15 is 0 Å². The molecule has 0 unspecified atom stereocenters. The summed E-state index contributed by atoms with van der Waals surface area (Å²) < 4.78 is 12.8. The molecule has 160 valence electrons. The smallest absolute Gasteiger partial charge is 0.281 e. The first kappa shape index (κ1) is 20.0. The third-order valence-electron chi connectivity index (χ3n) is 5.03. The Kier molecular flexibility index (Phi) is 5.39. The van der Waals surface area contributed by atoms with Crippen LogP contribution in [0.4, 0.5) is 0 Å². The summed E-state index contributed by atoms with van der Waals surface area (Å²) in [6, 6.07) is 17.8. The molecule has 0 N–H and O–H groups in total. The van der Waals surface area contributed by atoms with Gasteiger partial charge in [0.2, 0.25) is 0 Å². The summed E-state index contributed by atoms with van der Waals surface area (Å²) in [5.74, 6) is 0.933. The van der Waals surface area contributed by atoms with Gasteiger partial charge in [0.1, 0.15) is 23.9 Å². The Labute approximate surface area is 187 Å². The number of carbonyl (C=O) groups excluding carboxylic acids is 1. The molecular weight excluding hydrogens is 432 g/mol. The number of halogens is 1. The topological polar surface area (TPSA) is 98.6 Å². The summed E-state index contributed by atoms with van der Waals surface area (Å²) in [5, 5.41) is 17.7. The summed E-state index contributed by atoms with van der Waals surface area (Å²) in [6.45, 7) is -0.168. The molecule has 1 amide bonds. The summed E-state index contributed by atoms with van der Waals surface area (Å²) in [7, 11) is 0. The molecule has 1 atom stereocenters. The van der Waals surface area contributed by atoms with Gasteiger partial charge in [0.25, 0.3) is 5.91 Å². The maximum absolute atomic E-state index is 13.0. The van der Waals surface area contributed by atoms with Gasteiger partial charge in [-0.1, -0.05) is 23.7 Å². The average molecular weight is 449 g/mol. The molecule has 0 radical (unpaired) electrons. The average Bonchev–Trinajstić information content (AvgIpc) is 3.59. The van der Waals surface area contributed by atoms with Crippen LogP contribution in [-0.2, 0) is 4.79 Å². The van der Waals surface area contributed by atoms with Gasteiger partial charge in [-0.25, -0.2) is 9.69 Å². The standard InChI is InChI=1S/C22H17ClN6O3/c23-16-5-3-15(4-6-16)19-12-20(21-2-1-11-31-21)29(25-19)22(30)13-32-18-9-7-17(8-10-18)28-14-24-26-27-28/h1-11,14,20H,12-13H2/t20-/m0/s1. The van der Waals surface area contributed by atoms with Crippen molar-refractivity contribution in [3.8, 4) is 11.4 Å². The summed E-state index contributed by atoms with van der Waals surface area (Å²) >= 11 is 6.00. The highest BCUT2D eigenvalue weighted by Crippen LogP contribution is 2.33. The second-order valence-corrected chi connectivity index (χ2v) is 7.50. The van der Waals surface area contributed by atoms with Gasteiger partial charge in [-0.3, -0.25) is 4.79 Å². The maximum Gasteiger partial charge on any atom is 0.281 e. The lowest BCUT2D eigenvalue weighted by molar-refractivity contribution is -0.135. The van der Waals surface area contributed by atoms with E-state index in [1.807, 2.05) is 18.2 Å². The molecule has 0 aliphatic carbocycles. The zero-order valence-corrected chi connectivity index (χ0v) is 17.5. The predicted molar refractivity (Wildman–Crippen MR) is 116 cm³/mol. The van der Waals surface area contributed by atoms with Crippen molar-refractivity contribution < 1.29 is 13.9 Å². The highest BCUT2D eigenvalue weighted by atomic mass is 35.5. The molecule has 1 aliphatic heterocycles. The second-order valence-electron chi connectivity index (χ2n) is 7.06. The minimum atomic E-state index is -0.339. The second kappa shape index (κ2) is 8.64. The van der Waals surface area contributed by atoms with Crippen LogP contribution in [0.3, 0.4) is 0 Å². The number of amides is 1. The molecule has 1 aliphatic rings. The Balaban J connectivity index is 1.31. The van der Waals surface area contributed by atoms with Crippen molar-refractivity contribution in [1.29, 1.82) is 0 Å². The van der Waals surface area contributed by atoms with Crippen LogP contribution in [0.15, 0.2) is 82.8 Å². The number of nitrogens with zero attached hydrogens (tertiary/aromatic N) is 6. The Hall–Kier alpha value is -3.98. The number of carbonyl (C=O) groups is 1. The number of rotatable bonds is 6. The number of furan rings is 1. The lowest BCUT2D eigenvalue weighted by Crippen LogP contribution is -2.31. The number of aromatic nitrogens is 4. The van der Waals surface area contributed by atoms with Gasteiger partial charge < -0.3 is 9.15 Å². The van der Waals surface area contributed by atoms with Crippen LogP contribution in [-0.4, -0.2) is 43.4 Å². The molecular formula is C22H17ClN6O3. The van der Waals surface area contributed by atoms with Crippen molar-refractivity contribution >= 4 is 23.2 Å². The lowest BCUT2D eigenvalue weighted by Gasteiger charge is -2.20. The quantitative estimate of drug-likeness (QED) is 0.446. The first-order valence-electron chi connectivity index (χ1n) is 9.82. The highest BCUT2D eigenvalue weighted by molar-refractivity contribution is 6.30. The van der Waals surface area contributed by atoms with Gasteiger partial charge in [-0.15, -0.1) is 5.10 Å². The van der Waals surface area contributed by atoms with E-state index in [2.05, 4.69) is 20.6 Å². The van der Waals surface area contributed by atoms with Gasteiger partial charge >= 0.3 is 0 Å². The van der Waals surface area contributed by atoms with E-state index in [1.165, 1.54) is 16.0 Å². The molecule has 4 aromatic rings. The summed E-state index contributed by atoms with van der Waals surface area (Å²) in [6.07, 6.45) is 3.61. The molecule has 0 bridgehead atoms. The zero-order valence-electron chi connectivity index (χ0n) is 16.7. The lowest BCUT2D eigenvalue weighted by atomic mass is 10.0. The highest BCUT2D eigenvalue weighted by Gasteiger charge is 2.35. The molecule has 2 aromatic heterocycles. The minimum absolute atomic E-state index is 0.168. The fourth-order valence-electron chi connectivity index (χ4n) is 3.45. The van der Waals surface area contributed by atoms with Crippen LogP contribution in [0.5, 0.6) is 5.75 Å². The molecule has 0 saturated heterocycles. The van der Waals surface area contributed by atoms with E-state index in [0.29, 0.717) is 23.0 Å². The van der Waals surface area contributed by atoms with Crippen molar-refractivity contribution in [2.45, 2.75) is 12.5 Å². The number of tetrazole rings is 1. The summed E-state index contributed by atoms with van der Waals surface area (Å²) in [5.41, 5.74) is 2.46. The van der Waals surface area contributed by atoms with E-state index in [9.17, 15) is 4.79 Å². The van der Waals surface area contributed by atoms with Crippen LogP contribution >= 0.6 is 11.6 Å². The number of benzene rings is 2. The van der Waals surface area contributed by atoms with E-state index < -0.39 is 0 Å². The van der Waals surface area contributed by atoms with Gasteiger partial charge in [0.15, 0.2) is 6.61 Å². The molecule has 9 nitrogen and oxygen atoms in total. The molecule has 32 heavy (non-hydrogen) atoms. The number of hydrogen-bond donors (Lipinski definition) is 0. The van der Waals surface area contributed by atoms with Gasteiger partial charge in [0, 0.05) is 11.4 Å². The van der Waals surface area contributed by atoms with E-state index in [0.717, 1.165) is 17.0 Å². The largest absolute Gasteiger partial charge is 0.484 e. The molecule has 2 aromatic carbocycles.